The average molecular weight is 226 g/mol. The zero-order valence-electron chi connectivity index (χ0n) is 9.13. The molecule has 0 radical (unpaired) electrons. The number of carbonyl (C=O) groups is 1. The summed E-state index contributed by atoms with van der Waals surface area (Å²) in [6.45, 7) is 2.60. The summed E-state index contributed by atoms with van der Waals surface area (Å²) in [5, 5.41) is 2.89. The van der Waals surface area contributed by atoms with Crippen LogP contribution in [0.2, 0.25) is 0 Å². The van der Waals surface area contributed by atoms with Gasteiger partial charge in [-0.3, -0.25) is 4.79 Å². The van der Waals surface area contributed by atoms with Crippen molar-refractivity contribution in [3.05, 3.63) is 24.0 Å². The number of halogens is 1. The quantitative estimate of drug-likeness (QED) is 0.772. The Kier molecular flexibility index (Phi) is 4.57. The number of amides is 1. The monoisotopic (exact) mass is 226 g/mol. The summed E-state index contributed by atoms with van der Waals surface area (Å²) in [5.74, 6) is -0.590. The lowest BCUT2D eigenvalue weighted by atomic mass is 10.2. The molecule has 0 saturated heterocycles. The molecule has 1 amide bonds. The van der Waals surface area contributed by atoms with E-state index in [1.165, 1.54) is 6.07 Å². The molecule has 4 nitrogen and oxygen atoms in total. The zero-order valence-corrected chi connectivity index (χ0v) is 9.13. The van der Waals surface area contributed by atoms with Gasteiger partial charge in [0.25, 0.3) is 0 Å². The Morgan fingerprint density at radius 3 is 2.88 bits per heavy atom. The van der Waals surface area contributed by atoms with Crippen LogP contribution < -0.4 is 15.8 Å². The highest BCUT2D eigenvalue weighted by Gasteiger charge is 2.03. The summed E-state index contributed by atoms with van der Waals surface area (Å²) in [6, 6.07) is 4.56. The van der Waals surface area contributed by atoms with E-state index >= 15 is 0 Å². The van der Waals surface area contributed by atoms with Crippen molar-refractivity contribution in [3.63, 3.8) is 0 Å². The molecule has 0 spiro atoms. The van der Waals surface area contributed by atoms with E-state index in [9.17, 15) is 9.18 Å². The molecule has 5 heteroatoms. The molecule has 0 unspecified atom stereocenters. The molecular formula is C11H15FN2O2. The number of hydrogen-bond acceptors (Lipinski definition) is 3. The van der Waals surface area contributed by atoms with Gasteiger partial charge in [0, 0.05) is 24.7 Å². The predicted octanol–water partition coefficient (Wildman–Crippen LogP) is 1.51. The number of nitrogens with one attached hydrogen (secondary N) is 1. The number of nitrogens with two attached hydrogens (primary N) is 1. The third kappa shape index (κ3) is 3.76. The number of carbonyl (C=O) groups excluding carboxylic acids is 1. The lowest BCUT2D eigenvalue weighted by molar-refractivity contribution is -0.117. The van der Waals surface area contributed by atoms with Crippen LogP contribution >= 0.6 is 0 Å². The maximum absolute atomic E-state index is 13.4. The van der Waals surface area contributed by atoms with Crippen molar-refractivity contribution in [3.8, 4) is 5.75 Å². The van der Waals surface area contributed by atoms with Crippen LogP contribution in [0.15, 0.2) is 18.2 Å². The number of primary amides is 1. The normalized spacial score (nSPS) is 9.88. The second-order valence-corrected chi connectivity index (χ2v) is 3.22. The largest absolute Gasteiger partial charge is 0.491 e. The number of anilines is 1. The van der Waals surface area contributed by atoms with Crippen LogP contribution in [0.25, 0.3) is 0 Å². The lowest BCUT2D eigenvalue weighted by Crippen LogP contribution is -2.15. The highest BCUT2D eigenvalue weighted by atomic mass is 19.1. The van der Waals surface area contributed by atoms with Crippen LogP contribution in [0.1, 0.15) is 13.3 Å². The Morgan fingerprint density at radius 2 is 2.31 bits per heavy atom. The molecule has 16 heavy (non-hydrogen) atoms. The molecule has 0 fully saturated rings. The molecule has 1 aromatic carbocycles. The van der Waals surface area contributed by atoms with Gasteiger partial charge in [-0.1, -0.05) is 0 Å². The average Bonchev–Trinajstić information content (AvgIpc) is 2.21. The van der Waals surface area contributed by atoms with Crippen LogP contribution in [0, 0.1) is 5.82 Å². The summed E-state index contributed by atoms with van der Waals surface area (Å²) in [6.07, 6.45) is 0.217. The lowest BCUT2D eigenvalue weighted by Gasteiger charge is -2.08. The Hall–Kier alpha value is -1.78. The SMILES string of the molecule is CCOc1ccc(NCCC(N)=O)cc1F. The van der Waals surface area contributed by atoms with Gasteiger partial charge in [0.2, 0.25) is 5.91 Å². The second kappa shape index (κ2) is 5.95. The maximum Gasteiger partial charge on any atom is 0.219 e. The van der Waals surface area contributed by atoms with Crippen molar-refractivity contribution in [2.24, 2.45) is 5.73 Å². The first-order chi connectivity index (χ1) is 7.63. The molecule has 0 atom stereocenters. The second-order valence-electron chi connectivity index (χ2n) is 3.22. The number of hydrogen-bond donors (Lipinski definition) is 2. The molecule has 0 saturated carbocycles. The Morgan fingerprint density at radius 1 is 1.56 bits per heavy atom. The Labute approximate surface area is 93.6 Å². The molecule has 3 N–H and O–H groups in total. The van der Waals surface area contributed by atoms with Crippen molar-refractivity contribution < 1.29 is 13.9 Å². The Balaban J connectivity index is 2.55. The summed E-state index contributed by atoms with van der Waals surface area (Å²) in [5.41, 5.74) is 5.58. The number of benzene rings is 1. The highest BCUT2D eigenvalue weighted by molar-refractivity contribution is 5.74. The molecule has 0 aliphatic carbocycles. The van der Waals surface area contributed by atoms with Crippen LogP contribution in [0.3, 0.4) is 0 Å². The third-order valence-electron chi connectivity index (χ3n) is 1.93. The molecule has 0 bridgehead atoms. The van der Waals surface area contributed by atoms with Crippen LogP contribution in [0.5, 0.6) is 5.75 Å². The first kappa shape index (κ1) is 12.3. The first-order valence-corrected chi connectivity index (χ1v) is 5.08. The Bertz CT molecular complexity index is 369. The molecule has 0 aliphatic rings. The standard InChI is InChI=1S/C11H15FN2O2/c1-2-16-10-4-3-8(7-9(10)12)14-6-5-11(13)15/h3-4,7,14H,2,5-6H2,1H3,(H2,13,15). The van der Waals surface area contributed by atoms with E-state index in [1.807, 2.05) is 0 Å². The van der Waals surface area contributed by atoms with Crippen molar-refractivity contribution >= 4 is 11.6 Å². The van der Waals surface area contributed by atoms with Crippen LogP contribution in [-0.2, 0) is 4.79 Å². The molecule has 0 aromatic heterocycles. The fraction of sp³-hybridized carbons (Fsp3) is 0.364. The van der Waals surface area contributed by atoms with Crippen molar-refractivity contribution in [1.29, 1.82) is 0 Å². The first-order valence-electron chi connectivity index (χ1n) is 5.08. The van der Waals surface area contributed by atoms with Gasteiger partial charge in [0.05, 0.1) is 6.61 Å². The van der Waals surface area contributed by atoms with Crippen molar-refractivity contribution in [2.45, 2.75) is 13.3 Å². The van der Waals surface area contributed by atoms with Gasteiger partial charge in [-0.15, -0.1) is 0 Å². The minimum absolute atomic E-state index is 0.217. The minimum atomic E-state index is -0.425. The van der Waals surface area contributed by atoms with E-state index in [0.717, 1.165) is 0 Å². The molecular weight excluding hydrogens is 211 g/mol. The van der Waals surface area contributed by atoms with Crippen LogP contribution in [0.4, 0.5) is 10.1 Å². The minimum Gasteiger partial charge on any atom is -0.491 e. The van der Waals surface area contributed by atoms with Gasteiger partial charge in [0.1, 0.15) is 0 Å². The van der Waals surface area contributed by atoms with Crippen LogP contribution in [-0.4, -0.2) is 19.1 Å². The summed E-state index contributed by atoms with van der Waals surface area (Å²) < 4.78 is 18.4. The van der Waals surface area contributed by atoms with Crippen molar-refractivity contribution in [2.75, 3.05) is 18.5 Å². The number of rotatable bonds is 6. The smallest absolute Gasteiger partial charge is 0.219 e. The van der Waals surface area contributed by atoms with E-state index in [0.29, 0.717) is 18.8 Å². The molecule has 1 aromatic rings. The molecule has 0 aliphatic heterocycles. The summed E-state index contributed by atoms with van der Waals surface area (Å²) in [4.78, 5) is 10.5. The highest BCUT2D eigenvalue weighted by Crippen LogP contribution is 2.20. The van der Waals surface area contributed by atoms with E-state index in [2.05, 4.69) is 5.32 Å². The van der Waals surface area contributed by atoms with Gasteiger partial charge in [-0.05, 0) is 19.1 Å². The third-order valence-corrected chi connectivity index (χ3v) is 1.93. The summed E-state index contributed by atoms with van der Waals surface area (Å²) in [7, 11) is 0. The van der Waals surface area contributed by atoms with Gasteiger partial charge >= 0.3 is 0 Å². The van der Waals surface area contributed by atoms with Gasteiger partial charge in [-0.2, -0.15) is 0 Å². The number of ether oxygens (including phenoxy) is 1. The maximum atomic E-state index is 13.4. The van der Waals surface area contributed by atoms with Gasteiger partial charge in [-0.25, -0.2) is 4.39 Å². The van der Waals surface area contributed by atoms with Crippen molar-refractivity contribution in [1.82, 2.24) is 0 Å². The molecule has 1 rings (SSSR count). The van der Waals surface area contributed by atoms with Gasteiger partial charge < -0.3 is 15.8 Å². The summed E-state index contributed by atoms with van der Waals surface area (Å²) >= 11 is 0. The molecule has 88 valence electrons. The zero-order chi connectivity index (χ0) is 12.0. The van der Waals surface area contributed by atoms with E-state index in [1.54, 1.807) is 19.1 Å². The van der Waals surface area contributed by atoms with E-state index < -0.39 is 5.82 Å². The van der Waals surface area contributed by atoms with E-state index in [4.69, 9.17) is 10.5 Å². The van der Waals surface area contributed by atoms with Gasteiger partial charge in [0.15, 0.2) is 11.6 Å². The fourth-order valence-corrected chi connectivity index (χ4v) is 1.21. The predicted molar refractivity (Wildman–Crippen MR) is 59.9 cm³/mol. The fourth-order valence-electron chi connectivity index (χ4n) is 1.21. The topological polar surface area (TPSA) is 64.3 Å². The van der Waals surface area contributed by atoms with E-state index in [-0.39, 0.29) is 18.1 Å². The molecule has 0 heterocycles.